The molecule has 0 aliphatic carbocycles. The molecule has 1 fully saturated rings. The number of ether oxygens (including phenoxy) is 1. The second-order valence-electron chi connectivity index (χ2n) is 9.84. The number of carbonyl (C=O) groups is 2. The van der Waals surface area contributed by atoms with E-state index in [-0.39, 0.29) is 42.3 Å². The zero-order valence-corrected chi connectivity index (χ0v) is 24.7. The van der Waals surface area contributed by atoms with E-state index in [0.29, 0.717) is 36.9 Å². The molecule has 3 heterocycles. The van der Waals surface area contributed by atoms with Gasteiger partial charge in [-0.15, -0.1) is 11.3 Å². The number of nitriles is 2. The van der Waals surface area contributed by atoms with Gasteiger partial charge in [0, 0.05) is 62.6 Å². The Hall–Kier alpha value is -3.33. The fourth-order valence-electron chi connectivity index (χ4n) is 5.01. The highest BCUT2D eigenvalue weighted by atomic mass is 32.2. The highest BCUT2D eigenvalue weighted by Gasteiger charge is 2.32. The number of hydrogen-bond acceptors (Lipinski definition) is 9. The molecular formula is C28H34N6O5S2. The Morgan fingerprint density at radius 2 is 1.73 bits per heavy atom. The fraction of sp³-hybridized carbons (Fsp3) is 0.500. The van der Waals surface area contributed by atoms with Crippen molar-refractivity contribution in [2.45, 2.75) is 44.0 Å². The van der Waals surface area contributed by atoms with E-state index in [0.717, 1.165) is 47.2 Å². The minimum absolute atomic E-state index is 0.00233. The number of nitrogens with one attached hydrogen (secondary N) is 1. The Morgan fingerprint density at radius 3 is 2.34 bits per heavy atom. The lowest BCUT2D eigenvalue weighted by Gasteiger charge is -2.29. The number of hydrogen-bond donors (Lipinski definition) is 1. The molecule has 1 saturated heterocycles. The van der Waals surface area contributed by atoms with Crippen LogP contribution in [0.5, 0.6) is 0 Å². The molecule has 0 unspecified atom stereocenters. The largest absolute Gasteiger partial charge is 0.378 e. The van der Waals surface area contributed by atoms with Gasteiger partial charge in [0.1, 0.15) is 5.00 Å². The first-order valence-corrected chi connectivity index (χ1v) is 15.9. The van der Waals surface area contributed by atoms with Crippen LogP contribution in [0.4, 0.5) is 5.00 Å². The van der Waals surface area contributed by atoms with Crippen molar-refractivity contribution in [2.75, 3.05) is 57.8 Å². The summed E-state index contributed by atoms with van der Waals surface area (Å²) in [5, 5.41) is 21.2. The number of amides is 2. The Balaban J connectivity index is 1.57. The van der Waals surface area contributed by atoms with Crippen LogP contribution in [0.25, 0.3) is 0 Å². The zero-order valence-electron chi connectivity index (χ0n) is 23.1. The molecule has 0 saturated carbocycles. The van der Waals surface area contributed by atoms with Crippen LogP contribution in [-0.2, 0) is 27.7 Å². The average Bonchev–Trinajstić information content (AvgIpc) is 3.34. The molecule has 0 bridgehead atoms. The smallest absolute Gasteiger partial charge is 0.257 e. The maximum absolute atomic E-state index is 13.6. The lowest BCUT2D eigenvalue weighted by atomic mass is 10.0. The molecule has 2 amide bonds. The Morgan fingerprint density at radius 1 is 1.07 bits per heavy atom. The first-order chi connectivity index (χ1) is 19.8. The van der Waals surface area contributed by atoms with Crippen molar-refractivity contribution in [3.8, 4) is 12.1 Å². The molecule has 1 N–H and O–H groups in total. The van der Waals surface area contributed by atoms with Crippen LogP contribution in [0.2, 0.25) is 0 Å². The monoisotopic (exact) mass is 598 g/mol. The molecule has 0 atom stereocenters. The molecule has 1 aromatic carbocycles. The third-order valence-electron chi connectivity index (χ3n) is 7.12. The van der Waals surface area contributed by atoms with Gasteiger partial charge in [-0.25, -0.2) is 8.42 Å². The van der Waals surface area contributed by atoms with Crippen molar-refractivity contribution < 1.29 is 22.7 Å². The summed E-state index contributed by atoms with van der Waals surface area (Å²) in [5.74, 6) is -0.555. The second kappa shape index (κ2) is 14.0. The number of thiophene rings is 1. The topological polar surface area (TPSA) is 147 Å². The summed E-state index contributed by atoms with van der Waals surface area (Å²) in [6.45, 7) is 6.57. The molecule has 2 aliphatic rings. The number of benzene rings is 1. The maximum Gasteiger partial charge on any atom is 0.257 e. The van der Waals surface area contributed by atoms with Crippen LogP contribution < -0.4 is 5.32 Å². The van der Waals surface area contributed by atoms with E-state index in [1.165, 1.54) is 35.6 Å². The van der Waals surface area contributed by atoms with E-state index >= 15 is 0 Å². The number of rotatable bonds is 11. The van der Waals surface area contributed by atoms with Crippen LogP contribution in [0.15, 0.2) is 29.2 Å². The lowest BCUT2D eigenvalue weighted by Crippen LogP contribution is -2.41. The van der Waals surface area contributed by atoms with Gasteiger partial charge in [-0.3, -0.25) is 14.5 Å². The molecule has 0 radical (unpaired) electrons. The molecule has 2 aliphatic heterocycles. The highest BCUT2D eigenvalue weighted by Crippen LogP contribution is 2.38. The maximum atomic E-state index is 13.6. The third kappa shape index (κ3) is 7.12. The molecule has 2 aromatic rings. The van der Waals surface area contributed by atoms with Gasteiger partial charge in [-0.1, -0.05) is 6.92 Å². The molecule has 11 nitrogen and oxygen atoms in total. The quantitative estimate of drug-likeness (QED) is 0.415. The Bertz CT molecular complexity index is 1420. The van der Waals surface area contributed by atoms with Crippen molar-refractivity contribution in [1.29, 1.82) is 10.5 Å². The minimum Gasteiger partial charge on any atom is -0.378 e. The lowest BCUT2D eigenvalue weighted by molar-refractivity contribution is 0.0302. The van der Waals surface area contributed by atoms with Crippen molar-refractivity contribution in [3.63, 3.8) is 0 Å². The van der Waals surface area contributed by atoms with Crippen molar-refractivity contribution in [3.05, 3.63) is 45.8 Å². The molecule has 4 rings (SSSR count). The van der Waals surface area contributed by atoms with Crippen molar-refractivity contribution in [2.24, 2.45) is 0 Å². The SMILES string of the molecule is CCCN1CCc2c(sc(NC(=O)c3ccc(S(=O)(=O)N(CCC#N)CCC#N)cc3)c2C(=O)N2CCOCC2)C1. The number of anilines is 1. The fourth-order valence-corrected chi connectivity index (χ4v) is 7.73. The average molecular weight is 599 g/mol. The van der Waals surface area contributed by atoms with Gasteiger partial charge in [0.15, 0.2) is 0 Å². The molecule has 41 heavy (non-hydrogen) atoms. The number of sulfonamides is 1. The van der Waals surface area contributed by atoms with Gasteiger partial charge in [0.05, 0.1) is 35.8 Å². The van der Waals surface area contributed by atoms with Crippen molar-refractivity contribution in [1.82, 2.24) is 14.1 Å². The Labute approximate surface area is 244 Å². The number of fused-ring (bicyclic) bond motifs is 1. The number of carbonyl (C=O) groups excluding carboxylic acids is 2. The van der Waals surface area contributed by atoms with Crippen LogP contribution in [-0.4, -0.2) is 86.8 Å². The zero-order chi connectivity index (χ0) is 29.4. The van der Waals surface area contributed by atoms with Crippen LogP contribution in [0.3, 0.4) is 0 Å². The second-order valence-corrected chi connectivity index (χ2v) is 12.9. The molecule has 218 valence electrons. The molecular weight excluding hydrogens is 564 g/mol. The van der Waals surface area contributed by atoms with E-state index in [1.807, 2.05) is 12.1 Å². The van der Waals surface area contributed by atoms with E-state index in [9.17, 15) is 18.0 Å². The summed E-state index contributed by atoms with van der Waals surface area (Å²) in [5.41, 5.74) is 1.78. The van der Waals surface area contributed by atoms with E-state index < -0.39 is 15.9 Å². The summed E-state index contributed by atoms with van der Waals surface area (Å²) in [4.78, 5) is 32.1. The summed E-state index contributed by atoms with van der Waals surface area (Å²) in [6, 6.07) is 9.40. The highest BCUT2D eigenvalue weighted by molar-refractivity contribution is 7.89. The predicted octanol–water partition coefficient (Wildman–Crippen LogP) is 3.06. The third-order valence-corrected chi connectivity index (χ3v) is 10.2. The normalized spacial score (nSPS) is 15.7. The summed E-state index contributed by atoms with van der Waals surface area (Å²) in [7, 11) is -3.95. The predicted molar refractivity (Wildman–Crippen MR) is 154 cm³/mol. The number of nitrogens with zero attached hydrogens (tertiary/aromatic N) is 5. The van der Waals surface area contributed by atoms with Crippen molar-refractivity contribution >= 4 is 38.2 Å². The van der Waals surface area contributed by atoms with E-state index in [1.54, 1.807) is 4.90 Å². The van der Waals surface area contributed by atoms with Crippen LogP contribution >= 0.6 is 11.3 Å². The molecule has 0 spiro atoms. The van der Waals surface area contributed by atoms with Crippen LogP contribution in [0, 0.1) is 22.7 Å². The van der Waals surface area contributed by atoms with Gasteiger partial charge in [-0.05, 0) is 49.2 Å². The summed E-state index contributed by atoms with van der Waals surface area (Å²) >= 11 is 1.43. The standard InChI is InChI=1S/C28H34N6O5S2/c1-2-12-32-15-9-23-24(20-32)40-27(25(23)28(36)33-16-18-39-19-17-33)31-26(35)21-5-7-22(8-6-21)41(37,38)34(13-3-10-29)14-4-11-30/h5-8H,2-4,9,12-20H2,1H3,(H,31,35). The molecule has 1 aromatic heterocycles. The van der Waals surface area contributed by atoms with E-state index in [4.69, 9.17) is 15.3 Å². The summed E-state index contributed by atoms with van der Waals surface area (Å²) < 4.78 is 32.8. The number of morpholine rings is 1. The van der Waals surface area contributed by atoms with Crippen LogP contribution in [0.1, 0.15) is 57.3 Å². The molecule has 13 heteroatoms. The first-order valence-electron chi connectivity index (χ1n) is 13.7. The van der Waals surface area contributed by atoms with E-state index in [2.05, 4.69) is 17.1 Å². The van der Waals surface area contributed by atoms with Gasteiger partial charge in [0.2, 0.25) is 10.0 Å². The van der Waals surface area contributed by atoms with Gasteiger partial charge < -0.3 is 15.0 Å². The first kappa shape index (κ1) is 30.6. The minimum atomic E-state index is -3.95. The summed E-state index contributed by atoms with van der Waals surface area (Å²) in [6.07, 6.45) is 1.76. The van der Waals surface area contributed by atoms with Gasteiger partial charge in [0.25, 0.3) is 11.8 Å². The van der Waals surface area contributed by atoms with Gasteiger partial charge in [-0.2, -0.15) is 14.8 Å². The Kier molecular flexibility index (Phi) is 10.5. The van der Waals surface area contributed by atoms with Gasteiger partial charge >= 0.3 is 0 Å².